The van der Waals surface area contributed by atoms with E-state index in [1.165, 1.54) is 0 Å². The van der Waals surface area contributed by atoms with Crippen LogP contribution in [-0.2, 0) is 0 Å². The smallest absolute Gasteiger partial charge is 0.200 e. The molecule has 0 aliphatic carbocycles. The van der Waals surface area contributed by atoms with E-state index in [1.807, 2.05) is 0 Å². The summed E-state index contributed by atoms with van der Waals surface area (Å²) in [6.45, 7) is 0. The molecule has 0 spiro atoms. The second-order valence-electron chi connectivity index (χ2n) is 5.42. The molecule has 0 saturated heterocycles. The van der Waals surface area contributed by atoms with E-state index in [0.717, 1.165) is 4.91 Å². The predicted molar refractivity (Wildman–Crippen MR) is 59.1 cm³/mol. The third-order valence-electron chi connectivity index (χ3n) is 3.31. The van der Waals surface area contributed by atoms with Gasteiger partial charge in [0.2, 0.25) is 0 Å². The maximum atomic E-state index is 13.3. The van der Waals surface area contributed by atoms with Gasteiger partial charge in [0, 0.05) is 17.8 Å². The molecule has 0 aromatic rings. The first kappa shape index (κ1) is 28.1. The molecule has 0 unspecified atom stereocenters. The minimum absolute atomic E-state index is 0.636. The zero-order chi connectivity index (χ0) is 24.8. The van der Waals surface area contributed by atoms with Crippen LogP contribution < -0.4 is 0 Å². The summed E-state index contributed by atoms with van der Waals surface area (Å²) in [5, 5.41) is 0.636. The van der Waals surface area contributed by atoms with Crippen molar-refractivity contribution in [3.63, 3.8) is 0 Å². The lowest BCUT2D eigenvalue weighted by Gasteiger charge is -2.42. The molecule has 0 aliphatic heterocycles. The predicted octanol–water partition coefficient (Wildman–Crippen LogP) is 7.04. The van der Waals surface area contributed by atoms with Gasteiger partial charge in [0.15, 0.2) is 0 Å². The first-order chi connectivity index (χ1) is 12.8. The molecule has 0 aromatic heterocycles. The van der Waals surface area contributed by atoms with Crippen LogP contribution in [0.25, 0.3) is 10.4 Å². The number of hydrogen-bond donors (Lipinski definition) is 0. The second-order valence-corrected chi connectivity index (χ2v) is 5.42. The Labute approximate surface area is 152 Å². The summed E-state index contributed by atoms with van der Waals surface area (Å²) in [5.74, 6) is -47.7. The van der Waals surface area contributed by atoms with Crippen LogP contribution in [0.1, 0.15) is 12.8 Å². The number of halogens is 17. The number of azide groups is 1. The highest BCUT2D eigenvalue weighted by molar-refractivity contribution is 5.13. The minimum atomic E-state index is -8.44. The standard InChI is InChI=1S/C10H4F17N3/c11-3(12,1-2-4(13,14)15)5(16,17)6(18,19)7(20,21)8(22,23)9(24,25)10(26,27)29-30-28/h1-2H2. The Balaban J connectivity index is 6.49. The minimum Gasteiger partial charge on any atom is -0.200 e. The highest BCUT2D eigenvalue weighted by Gasteiger charge is 2.92. The van der Waals surface area contributed by atoms with Gasteiger partial charge in [0.25, 0.3) is 0 Å². The molecule has 0 atom stereocenters. The van der Waals surface area contributed by atoms with Crippen molar-refractivity contribution in [3.05, 3.63) is 10.4 Å². The molecular formula is C10H4F17N3. The van der Waals surface area contributed by atoms with Crippen LogP contribution in [0.15, 0.2) is 5.11 Å². The maximum absolute atomic E-state index is 13.3. The fourth-order valence-corrected chi connectivity index (χ4v) is 1.58. The third kappa shape index (κ3) is 4.14. The zero-order valence-electron chi connectivity index (χ0n) is 13.2. The van der Waals surface area contributed by atoms with Crippen molar-refractivity contribution in [2.75, 3.05) is 0 Å². The Morgan fingerprint density at radius 3 is 1.17 bits per heavy atom. The Kier molecular flexibility index (Phi) is 6.90. The highest BCUT2D eigenvalue weighted by atomic mass is 19.4. The molecular weight excluding hydrogens is 485 g/mol. The van der Waals surface area contributed by atoms with Crippen LogP contribution in [0.5, 0.6) is 0 Å². The fraction of sp³-hybridized carbons (Fsp3) is 1.00. The van der Waals surface area contributed by atoms with Crippen molar-refractivity contribution in [3.8, 4) is 0 Å². The summed E-state index contributed by atoms with van der Waals surface area (Å²) >= 11 is 0. The molecule has 0 heterocycles. The van der Waals surface area contributed by atoms with Gasteiger partial charge in [-0.2, -0.15) is 74.6 Å². The Morgan fingerprint density at radius 2 is 0.833 bits per heavy atom. The van der Waals surface area contributed by atoms with E-state index in [0.29, 0.717) is 5.11 Å². The van der Waals surface area contributed by atoms with Crippen LogP contribution in [0.4, 0.5) is 74.6 Å². The van der Waals surface area contributed by atoms with E-state index in [4.69, 9.17) is 5.53 Å². The topological polar surface area (TPSA) is 48.8 Å². The molecule has 0 amide bonds. The van der Waals surface area contributed by atoms with Crippen LogP contribution in [-0.4, -0.2) is 47.8 Å². The van der Waals surface area contributed by atoms with Crippen molar-refractivity contribution in [2.45, 2.75) is 60.6 Å². The van der Waals surface area contributed by atoms with E-state index in [-0.39, 0.29) is 0 Å². The number of nitrogens with zero attached hydrogens (tertiary/aromatic N) is 3. The second kappa shape index (κ2) is 7.37. The quantitative estimate of drug-likeness (QED) is 0.110. The van der Waals surface area contributed by atoms with E-state index in [2.05, 4.69) is 0 Å². The van der Waals surface area contributed by atoms with Gasteiger partial charge in [-0.3, -0.25) is 0 Å². The van der Waals surface area contributed by atoms with Crippen LogP contribution >= 0.6 is 0 Å². The number of rotatable bonds is 9. The molecule has 20 heteroatoms. The molecule has 0 N–H and O–H groups in total. The zero-order valence-corrected chi connectivity index (χ0v) is 13.2. The molecule has 30 heavy (non-hydrogen) atoms. The van der Waals surface area contributed by atoms with Crippen molar-refractivity contribution >= 4 is 0 Å². The fourth-order valence-electron chi connectivity index (χ4n) is 1.58. The first-order valence-corrected chi connectivity index (χ1v) is 6.54. The Morgan fingerprint density at radius 1 is 0.500 bits per heavy atom. The van der Waals surface area contributed by atoms with Crippen LogP contribution in [0.3, 0.4) is 0 Å². The third-order valence-corrected chi connectivity index (χ3v) is 3.31. The average Bonchev–Trinajstić information content (AvgIpc) is 2.51. The summed E-state index contributed by atoms with van der Waals surface area (Å²) in [7, 11) is 0. The highest BCUT2D eigenvalue weighted by Crippen LogP contribution is 2.62. The summed E-state index contributed by atoms with van der Waals surface area (Å²) in [6.07, 6.45) is -12.2. The normalized spacial score (nSPS) is 15.8. The molecule has 0 fully saturated rings. The lowest BCUT2D eigenvalue weighted by atomic mass is 9.89. The van der Waals surface area contributed by atoms with Gasteiger partial charge < -0.3 is 0 Å². The summed E-state index contributed by atoms with van der Waals surface area (Å²) in [4.78, 5) is 0.821. The number of hydrogen-bond acceptors (Lipinski definition) is 1. The van der Waals surface area contributed by atoms with Gasteiger partial charge in [-0.1, -0.05) is 0 Å². The monoisotopic (exact) mass is 489 g/mol. The van der Waals surface area contributed by atoms with Crippen LogP contribution in [0.2, 0.25) is 0 Å². The van der Waals surface area contributed by atoms with Crippen molar-refractivity contribution in [1.82, 2.24) is 0 Å². The largest absolute Gasteiger partial charge is 0.394 e. The molecule has 0 aromatic carbocycles. The van der Waals surface area contributed by atoms with E-state index in [9.17, 15) is 74.6 Å². The summed E-state index contributed by atoms with van der Waals surface area (Å²) in [6, 6.07) is -6.97. The van der Waals surface area contributed by atoms with Gasteiger partial charge in [-0.05, 0) is 10.6 Å². The average molecular weight is 489 g/mol. The van der Waals surface area contributed by atoms with Crippen molar-refractivity contribution < 1.29 is 74.6 Å². The maximum Gasteiger partial charge on any atom is 0.394 e. The lowest BCUT2D eigenvalue weighted by molar-refractivity contribution is -0.441. The van der Waals surface area contributed by atoms with E-state index < -0.39 is 60.6 Å². The summed E-state index contributed by atoms with van der Waals surface area (Å²) < 4.78 is 219. The lowest BCUT2D eigenvalue weighted by Crippen LogP contribution is -2.72. The molecule has 0 bridgehead atoms. The summed E-state index contributed by atoms with van der Waals surface area (Å²) in [5.41, 5.74) is 7.51. The van der Waals surface area contributed by atoms with Gasteiger partial charge in [0.05, 0.1) is 0 Å². The first-order valence-electron chi connectivity index (χ1n) is 6.54. The van der Waals surface area contributed by atoms with Gasteiger partial charge in [-0.25, -0.2) is 0 Å². The molecule has 0 aliphatic rings. The van der Waals surface area contributed by atoms with Gasteiger partial charge in [-0.15, -0.1) is 0 Å². The van der Waals surface area contributed by atoms with E-state index in [1.54, 1.807) is 0 Å². The SMILES string of the molecule is [N-]=[N+]=NC(F)(F)C(F)(F)C(F)(F)C(F)(F)C(F)(F)C(F)(F)C(F)(F)CCC(F)(F)F. The molecule has 0 radical (unpaired) electrons. The van der Waals surface area contributed by atoms with Crippen molar-refractivity contribution in [1.29, 1.82) is 0 Å². The van der Waals surface area contributed by atoms with Crippen LogP contribution in [0, 0.1) is 0 Å². The van der Waals surface area contributed by atoms with Gasteiger partial charge in [0.1, 0.15) is 0 Å². The van der Waals surface area contributed by atoms with E-state index >= 15 is 0 Å². The number of alkyl halides is 17. The Hall–Kier alpha value is -1.88. The van der Waals surface area contributed by atoms with Gasteiger partial charge >= 0.3 is 47.8 Å². The molecule has 0 rings (SSSR count). The Bertz CT molecular complexity index is 672. The molecule has 3 nitrogen and oxygen atoms in total. The molecule has 0 saturated carbocycles. The molecule has 178 valence electrons. The van der Waals surface area contributed by atoms with Crippen molar-refractivity contribution in [2.24, 2.45) is 5.11 Å².